The van der Waals surface area contributed by atoms with Gasteiger partial charge in [-0.05, 0) is 35.7 Å². The molecule has 0 aliphatic rings. The molecule has 1 nitrogen and oxygen atoms in total. The summed E-state index contributed by atoms with van der Waals surface area (Å²) < 4.78 is 5.84. The third kappa shape index (κ3) is 3.72. The van der Waals surface area contributed by atoms with Crippen LogP contribution in [0.4, 0.5) is 0 Å². The van der Waals surface area contributed by atoms with Crippen molar-refractivity contribution < 1.29 is 4.74 Å². The van der Waals surface area contributed by atoms with Gasteiger partial charge in [-0.1, -0.05) is 42.7 Å². The van der Waals surface area contributed by atoms with Crippen LogP contribution in [-0.4, -0.2) is 6.30 Å². The second-order valence-electron chi connectivity index (χ2n) is 4.31. The molecule has 0 saturated carbocycles. The zero-order chi connectivity index (χ0) is 12.8. The van der Waals surface area contributed by atoms with Crippen molar-refractivity contribution in [1.82, 2.24) is 0 Å². The van der Waals surface area contributed by atoms with Crippen LogP contribution in [-0.2, 0) is 12.8 Å². The maximum absolute atomic E-state index is 5.84. The molecule has 2 heteroatoms. The summed E-state index contributed by atoms with van der Waals surface area (Å²) in [5, 5.41) is 0. The van der Waals surface area contributed by atoms with Gasteiger partial charge in [0.2, 0.25) is 0 Å². The van der Waals surface area contributed by atoms with Crippen LogP contribution in [0, 0.1) is 6.92 Å². The Labute approximate surface area is 110 Å². The van der Waals surface area contributed by atoms with Crippen molar-refractivity contribution in [3.8, 4) is 5.75 Å². The summed E-state index contributed by atoms with van der Waals surface area (Å²) in [4.78, 5) is 0. The Morgan fingerprint density at radius 2 is 1.83 bits per heavy atom. The molecule has 2 aromatic carbocycles. The fourth-order valence-electron chi connectivity index (χ4n) is 1.87. The quantitative estimate of drug-likeness (QED) is 0.718. The molecule has 0 saturated heterocycles. The second-order valence-corrected chi connectivity index (χ2v) is 5.07. The molecule has 0 atom stereocenters. The van der Waals surface area contributed by atoms with Gasteiger partial charge in [0.25, 0.3) is 0 Å². The van der Waals surface area contributed by atoms with Crippen LogP contribution in [0.2, 0.25) is 0 Å². The third-order valence-corrected chi connectivity index (χ3v) is 3.24. The van der Waals surface area contributed by atoms with E-state index in [1.165, 1.54) is 16.7 Å². The number of hydrogen-bond acceptors (Lipinski definition) is 1. The number of benzene rings is 2. The normalized spacial score (nSPS) is 10.5. The first-order valence-electron chi connectivity index (χ1n) is 5.98. The van der Waals surface area contributed by atoms with E-state index in [9.17, 15) is 0 Å². The Hall–Kier alpha value is -1.59. The first kappa shape index (κ1) is 12.9. The molecule has 0 heterocycles. The van der Waals surface area contributed by atoms with Crippen LogP contribution in [0.25, 0.3) is 0 Å². The summed E-state index contributed by atoms with van der Waals surface area (Å²) in [5.41, 5.74) is 3.71. The lowest BCUT2D eigenvalue weighted by Gasteiger charge is -2.09. The van der Waals surface area contributed by atoms with Gasteiger partial charge >= 0.3 is 0 Å². The number of ether oxygens (including phenoxy) is 1. The van der Waals surface area contributed by atoms with Crippen molar-refractivity contribution in [2.75, 3.05) is 0 Å². The maximum Gasteiger partial charge on any atom is 0.120 e. The molecule has 0 aromatic heterocycles. The molecule has 18 heavy (non-hydrogen) atoms. The van der Waals surface area contributed by atoms with Crippen LogP contribution in [0.5, 0.6) is 5.75 Å². The molecule has 2 rings (SSSR count). The SMILES string of the molecule is C=PCc1cc(C)cc(OCc2ccccc2)c1. The first-order chi connectivity index (χ1) is 8.78. The van der Waals surface area contributed by atoms with E-state index in [0.29, 0.717) is 6.61 Å². The predicted molar refractivity (Wildman–Crippen MR) is 79.7 cm³/mol. The monoisotopic (exact) mass is 256 g/mol. The maximum atomic E-state index is 5.84. The topological polar surface area (TPSA) is 9.23 Å². The largest absolute Gasteiger partial charge is 0.489 e. The van der Waals surface area contributed by atoms with Gasteiger partial charge in [-0.15, -0.1) is 8.20 Å². The van der Waals surface area contributed by atoms with Gasteiger partial charge in [-0.3, -0.25) is 0 Å². The average Bonchev–Trinajstić information content (AvgIpc) is 2.37. The van der Waals surface area contributed by atoms with E-state index in [2.05, 4.69) is 43.6 Å². The molecule has 0 radical (unpaired) electrons. The minimum absolute atomic E-state index is 0.617. The predicted octanol–water partition coefficient (Wildman–Crippen LogP) is 4.45. The zero-order valence-corrected chi connectivity index (χ0v) is 11.5. The van der Waals surface area contributed by atoms with Gasteiger partial charge in [-0.25, -0.2) is 0 Å². The highest BCUT2D eigenvalue weighted by molar-refractivity contribution is 7.35. The van der Waals surface area contributed by atoms with E-state index in [1.807, 2.05) is 18.2 Å². The molecule has 0 unspecified atom stereocenters. The Morgan fingerprint density at radius 1 is 1.06 bits per heavy atom. The molecule has 0 N–H and O–H groups in total. The molecule has 0 amide bonds. The fourth-order valence-corrected chi connectivity index (χ4v) is 2.31. The summed E-state index contributed by atoms with van der Waals surface area (Å²) in [6.07, 6.45) is 4.84. The fraction of sp³-hybridized carbons (Fsp3) is 0.188. The van der Waals surface area contributed by atoms with Crippen molar-refractivity contribution in [2.45, 2.75) is 19.7 Å². The molecule has 0 aliphatic carbocycles. The highest BCUT2D eigenvalue weighted by atomic mass is 31.1. The second kappa shape index (κ2) is 6.37. The van der Waals surface area contributed by atoms with Gasteiger partial charge in [0.1, 0.15) is 12.4 Å². The van der Waals surface area contributed by atoms with E-state index >= 15 is 0 Å². The molecule has 0 spiro atoms. The molecule has 0 aliphatic heterocycles. The summed E-state index contributed by atoms with van der Waals surface area (Å²) >= 11 is 0. The Kier molecular flexibility index (Phi) is 4.55. The van der Waals surface area contributed by atoms with Crippen LogP contribution in [0.15, 0.2) is 48.5 Å². The van der Waals surface area contributed by atoms with E-state index in [1.54, 1.807) is 0 Å². The van der Waals surface area contributed by atoms with Crippen molar-refractivity contribution in [2.24, 2.45) is 0 Å². The van der Waals surface area contributed by atoms with Gasteiger partial charge in [0.15, 0.2) is 0 Å². The lowest BCUT2D eigenvalue weighted by atomic mass is 10.1. The lowest BCUT2D eigenvalue weighted by molar-refractivity contribution is 0.306. The first-order valence-corrected chi connectivity index (χ1v) is 7.24. The summed E-state index contributed by atoms with van der Waals surface area (Å²) in [5.74, 6) is 0.942. The Morgan fingerprint density at radius 3 is 2.56 bits per heavy atom. The Bertz CT molecular complexity index is 520. The lowest BCUT2D eigenvalue weighted by Crippen LogP contribution is -1.96. The molecule has 0 bridgehead atoms. The van der Waals surface area contributed by atoms with Crippen LogP contribution >= 0.6 is 8.20 Å². The van der Waals surface area contributed by atoms with E-state index in [0.717, 1.165) is 20.1 Å². The summed E-state index contributed by atoms with van der Waals surface area (Å²) in [6.45, 7) is 2.71. The number of rotatable bonds is 5. The standard InChI is InChI=1S/C16H17OP/c1-13-8-15(12-18-2)10-16(9-13)17-11-14-6-4-3-5-7-14/h3-10H,2,11-12H2,1H3. The zero-order valence-electron chi connectivity index (χ0n) is 10.6. The number of aryl methyl sites for hydroxylation is 1. The van der Waals surface area contributed by atoms with E-state index in [-0.39, 0.29) is 0 Å². The van der Waals surface area contributed by atoms with Crippen molar-refractivity contribution >= 4 is 14.5 Å². The van der Waals surface area contributed by atoms with E-state index in [4.69, 9.17) is 4.74 Å². The van der Waals surface area contributed by atoms with Crippen molar-refractivity contribution in [3.05, 3.63) is 65.2 Å². The van der Waals surface area contributed by atoms with E-state index < -0.39 is 0 Å². The molecule has 92 valence electrons. The Balaban J connectivity index is 2.07. The van der Waals surface area contributed by atoms with Gasteiger partial charge < -0.3 is 4.74 Å². The smallest absolute Gasteiger partial charge is 0.120 e. The van der Waals surface area contributed by atoms with Crippen LogP contribution < -0.4 is 4.74 Å². The minimum atomic E-state index is 0.617. The third-order valence-electron chi connectivity index (χ3n) is 2.65. The van der Waals surface area contributed by atoms with Gasteiger partial charge in [-0.2, -0.15) is 0 Å². The van der Waals surface area contributed by atoms with Crippen molar-refractivity contribution in [3.63, 3.8) is 0 Å². The molecule has 2 aromatic rings. The average molecular weight is 256 g/mol. The highest BCUT2D eigenvalue weighted by Crippen LogP contribution is 2.20. The molecular weight excluding hydrogens is 239 g/mol. The number of hydrogen-bond donors (Lipinski definition) is 0. The summed E-state index contributed by atoms with van der Waals surface area (Å²) in [6, 6.07) is 16.6. The molecular formula is C16H17OP. The molecule has 0 fully saturated rings. The van der Waals surface area contributed by atoms with Crippen LogP contribution in [0.1, 0.15) is 16.7 Å². The minimum Gasteiger partial charge on any atom is -0.489 e. The van der Waals surface area contributed by atoms with Gasteiger partial charge in [0.05, 0.1) is 0 Å². The highest BCUT2D eigenvalue weighted by Gasteiger charge is 2.00. The van der Waals surface area contributed by atoms with Gasteiger partial charge in [0, 0.05) is 6.16 Å². The van der Waals surface area contributed by atoms with Crippen molar-refractivity contribution in [1.29, 1.82) is 0 Å². The summed E-state index contributed by atoms with van der Waals surface area (Å²) in [7, 11) is 1.14. The van der Waals surface area contributed by atoms with Crippen LogP contribution in [0.3, 0.4) is 0 Å².